The van der Waals surface area contributed by atoms with Crippen molar-refractivity contribution < 1.29 is 13.2 Å². The minimum absolute atomic E-state index is 0.287. The zero-order valence-electron chi connectivity index (χ0n) is 17.9. The molecule has 32 heavy (non-hydrogen) atoms. The Balaban J connectivity index is 1.54. The highest BCUT2D eigenvalue weighted by molar-refractivity contribution is 7.89. The first kappa shape index (κ1) is 19.5. The van der Waals surface area contributed by atoms with E-state index in [0.29, 0.717) is 0 Å². The van der Waals surface area contributed by atoms with Crippen LogP contribution in [-0.4, -0.2) is 19.0 Å². The second kappa shape index (κ2) is 6.67. The Hall–Kier alpha value is -3.15. The van der Waals surface area contributed by atoms with Gasteiger partial charge in [0, 0.05) is 5.56 Å². The fourth-order valence-electron chi connectivity index (χ4n) is 5.27. The SMILES string of the molecule is Cc1ccc(S(=O)(=O)N2C3Oc4ccccc4[C@@]3(C)[C@H]2c2ccc3ccccc3c2)cc1. The van der Waals surface area contributed by atoms with Gasteiger partial charge in [-0.25, -0.2) is 8.42 Å². The van der Waals surface area contributed by atoms with Crippen molar-refractivity contribution in [2.45, 2.75) is 36.4 Å². The fraction of sp³-hybridized carbons (Fsp3) is 0.185. The Morgan fingerprint density at radius 3 is 2.31 bits per heavy atom. The second-order valence-corrected chi connectivity index (χ2v) is 10.7. The molecule has 6 rings (SSSR count). The summed E-state index contributed by atoms with van der Waals surface area (Å²) in [4.78, 5) is 0.287. The Morgan fingerprint density at radius 2 is 1.53 bits per heavy atom. The van der Waals surface area contributed by atoms with Crippen molar-refractivity contribution in [2.75, 3.05) is 0 Å². The normalized spacial score (nSPS) is 24.4. The number of hydrogen-bond donors (Lipinski definition) is 0. The molecule has 2 aliphatic heterocycles. The van der Waals surface area contributed by atoms with Crippen molar-refractivity contribution >= 4 is 20.8 Å². The van der Waals surface area contributed by atoms with Gasteiger partial charge in [-0.2, -0.15) is 4.31 Å². The highest BCUT2D eigenvalue weighted by Gasteiger charge is 2.68. The van der Waals surface area contributed by atoms with E-state index < -0.39 is 21.7 Å². The zero-order chi connectivity index (χ0) is 22.1. The van der Waals surface area contributed by atoms with E-state index in [4.69, 9.17) is 4.74 Å². The van der Waals surface area contributed by atoms with Crippen molar-refractivity contribution in [2.24, 2.45) is 0 Å². The monoisotopic (exact) mass is 441 g/mol. The second-order valence-electron chi connectivity index (χ2n) is 8.91. The van der Waals surface area contributed by atoms with Crippen LogP contribution in [0.4, 0.5) is 0 Å². The van der Waals surface area contributed by atoms with E-state index in [1.807, 2.05) is 55.5 Å². The average molecular weight is 442 g/mol. The maximum absolute atomic E-state index is 13.9. The molecule has 2 heterocycles. The molecule has 0 aliphatic carbocycles. The molecule has 1 fully saturated rings. The van der Waals surface area contributed by atoms with Crippen molar-refractivity contribution in [1.82, 2.24) is 4.31 Å². The van der Waals surface area contributed by atoms with Crippen LogP contribution < -0.4 is 4.74 Å². The van der Waals surface area contributed by atoms with Crippen molar-refractivity contribution in [1.29, 1.82) is 0 Å². The van der Waals surface area contributed by atoms with Crippen molar-refractivity contribution in [3.8, 4) is 5.75 Å². The number of sulfonamides is 1. The number of hydrogen-bond acceptors (Lipinski definition) is 3. The first-order chi connectivity index (χ1) is 15.4. The molecule has 1 saturated heterocycles. The number of para-hydroxylation sites is 1. The number of nitrogens with zero attached hydrogens (tertiary/aromatic N) is 1. The van der Waals surface area contributed by atoms with Crippen LogP contribution >= 0.6 is 0 Å². The molecule has 0 saturated carbocycles. The van der Waals surface area contributed by atoms with Crippen LogP contribution in [0.5, 0.6) is 5.75 Å². The van der Waals surface area contributed by atoms with E-state index in [0.717, 1.165) is 33.2 Å². The molecule has 0 spiro atoms. The van der Waals surface area contributed by atoms with Gasteiger partial charge in [-0.1, -0.05) is 72.3 Å². The summed E-state index contributed by atoms with van der Waals surface area (Å²) in [5.74, 6) is 0.757. The van der Waals surface area contributed by atoms with Crippen molar-refractivity contribution in [3.63, 3.8) is 0 Å². The average Bonchev–Trinajstić information content (AvgIpc) is 3.03. The minimum atomic E-state index is -3.77. The smallest absolute Gasteiger partial charge is 0.246 e. The summed E-state index contributed by atoms with van der Waals surface area (Å²) in [5, 5.41) is 2.23. The van der Waals surface area contributed by atoms with Gasteiger partial charge in [0.2, 0.25) is 10.0 Å². The predicted octanol–water partition coefficient (Wildman–Crippen LogP) is 5.57. The molecule has 0 N–H and O–H groups in total. The lowest BCUT2D eigenvalue weighted by Gasteiger charge is -2.56. The molecule has 0 aromatic heterocycles. The summed E-state index contributed by atoms with van der Waals surface area (Å²) in [6.07, 6.45) is -0.581. The summed E-state index contributed by atoms with van der Waals surface area (Å²) in [7, 11) is -3.77. The molecule has 0 bridgehead atoms. The number of benzene rings is 4. The molecular weight excluding hydrogens is 418 g/mol. The van der Waals surface area contributed by atoms with Crippen LogP contribution in [0.2, 0.25) is 0 Å². The van der Waals surface area contributed by atoms with Crippen LogP contribution in [0, 0.1) is 6.92 Å². The number of aryl methyl sites for hydroxylation is 1. The molecule has 4 aromatic carbocycles. The van der Waals surface area contributed by atoms with E-state index in [-0.39, 0.29) is 10.9 Å². The minimum Gasteiger partial charge on any atom is -0.473 e. The topological polar surface area (TPSA) is 46.6 Å². The number of fused-ring (bicyclic) bond motifs is 4. The van der Waals surface area contributed by atoms with Gasteiger partial charge in [0.25, 0.3) is 0 Å². The highest BCUT2D eigenvalue weighted by atomic mass is 32.2. The van der Waals surface area contributed by atoms with Gasteiger partial charge in [-0.05, 0) is 54.4 Å². The molecule has 3 atom stereocenters. The quantitative estimate of drug-likeness (QED) is 0.418. The maximum Gasteiger partial charge on any atom is 0.246 e. The van der Waals surface area contributed by atoms with Crippen molar-refractivity contribution in [3.05, 3.63) is 108 Å². The third-order valence-corrected chi connectivity index (χ3v) is 8.78. The number of rotatable bonds is 3. The van der Waals surface area contributed by atoms with Gasteiger partial charge >= 0.3 is 0 Å². The molecule has 160 valence electrons. The largest absolute Gasteiger partial charge is 0.473 e. The molecule has 4 aromatic rings. The molecule has 1 unspecified atom stereocenters. The third-order valence-electron chi connectivity index (χ3n) is 6.96. The Morgan fingerprint density at radius 1 is 0.844 bits per heavy atom. The van der Waals surface area contributed by atoms with Gasteiger partial charge in [-0.3, -0.25) is 0 Å². The standard InChI is InChI=1S/C27H23NO3S/c1-18-11-15-22(16-12-18)32(29,30)28-25(21-14-13-19-7-3-4-8-20(19)17-21)27(2)23-9-5-6-10-24(23)31-26(27)28/h3-17,25-26H,1-2H3/t25-,26?,27+/m1/s1. The highest BCUT2D eigenvalue weighted by Crippen LogP contribution is 2.63. The summed E-state index contributed by atoms with van der Waals surface area (Å²) in [6, 6.07) is 28.9. The van der Waals surface area contributed by atoms with Gasteiger partial charge in [0.1, 0.15) is 5.75 Å². The lowest BCUT2D eigenvalue weighted by atomic mass is 9.67. The molecule has 2 aliphatic rings. The van der Waals surface area contributed by atoms with Crippen LogP contribution in [0.1, 0.15) is 29.7 Å². The predicted molar refractivity (Wildman–Crippen MR) is 125 cm³/mol. The van der Waals surface area contributed by atoms with Gasteiger partial charge in [0.15, 0.2) is 6.23 Å². The van der Waals surface area contributed by atoms with E-state index in [2.05, 4.69) is 37.3 Å². The summed E-state index contributed by atoms with van der Waals surface area (Å²) >= 11 is 0. The molecule has 0 amide bonds. The van der Waals surface area contributed by atoms with Crippen LogP contribution in [0.15, 0.2) is 95.9 Å². The van der Waals surface area contributed by atoms with Crippen LogP contribution in [0.25, 0.3) is 10.8 Å². The Bertz CT molecular complexity index is 1460. The van der Waals surface area contributed by atoms with Crippen LogP contribution in [-0.2, 0) is 15.4 Å². The Kier molecular flexibility index (Phi) is 4.07. The first-order valence-corrected chi connectivity index (χ1v) is 12.2. The summed E-state index contributed by atoms with van der Waals surface area (Å²) in [5.41, 5.74) is 2.57. The lowest BCUT2D eigenvalue weighted by Crippen LogP contribution is -2.68. The fourth-order valence-corrected chi connectivity index (χ4v) is 7.13. The molecule has 5 heteroatoms. The van der Waals surface area contributed by atoms with Gasteiger partial charge < -0.3 is 4.74 Å². The molecular formula is C27H23NO3S. The van der Waals surface area contributed by atoms with E-state index in [1.165, 1.54) is 0 Å². The first-order valence-electron chi connectivity index (χ1n) is 10.8. The zero-order valence-corrected chi connectivity index (χ0v) is 18.7. The summed E-state index contributed by atoms with van der Waals surface area (Å²) < 4.78 is 35.5. The van der Waals surface area contributed by atoms with Gasteiger partial charge in [0.05, 0.1) is 16.4 Å². The van der Waals surface area contributed by atoms with E-state index in [9.17, 15) is 8.42 Å². The Labute approximate surface area is 188 Å². The summed E-state index contributed by atoms with van der Waals surface area (Å²) in [6.45, 7) is 4.07. The van der Waals surface area contributed by atoms with Crippen LogP contribution in [0.3, 0.4) is 0 Å². The van der Waals surface area contributed by atoms with E-state index >= 15 is 0 Å². The van der Waals surface area contributed by atoms with E-state index in [1.54, 1.807) is 16.4 Å². The third kappa shape index (κ3) is 2.55. The molecule has 0 radical (unpaired) electrons. The van der Waals surface area contributed by atoms with Gasteiger partial charge in [-0.15, -0.1) is 0 Å². The lowest BCUT2D eigenvalue weighted by molar-refractivity contribution is -0.0987. The maximum atomic E-state index is 13.9. The number of ether oxygens (including phenoxy) is 1. The molecule has 4 nitrogen and oxygen atoms in total.